The molecule has 0 aromatic carbocycles. The Kier molecular flexibility index (Phi) is 3.03. The summed E-state index contributed by atoms with van der Waals surface area (Å²) >= 11 is 0. The van der Waals surface area contributed by atoms with Gasteiger partial charge < -0.3 is 4.74 Å². The summed E-state index contributed by atoms with van der Waals surface area (Å²) in [6, 6.07) is 0. The van der Waals surface area contributed by atoms with Gasteiger partial charge in [-0.3, -0.25) is 0 Å². The summed E-state index contributed by atoms with van der Waals surface area (Å²) in [7, 11) is 0.201. The van der Waals surface area contributed by atoms with Crippen LogP contribution in [0.1, 0.15) is 0 Å². The molecule has 1 nitrogen and oxygen atoms in total. The molecule has 13 heavy (non-hydrogen) atoms. The molecular weight excluding hydrogens is 202 g/mol. The van der Waals surface area contributed by atoms with E-state index in [4.69, 9.17) is 0 Å². The highest BCUT2D eigenvalue weighted by molar-refractivity contribution is 5.02. The van der Waals surface area contributed by atoms with Crippen LogP contribution in [0.2, 0.25) is 0 Å². The molecule has 78 valence electrons. The van der Waals surface area contributed by atoms with Crippen molar-refractivity contribution in [1.29, 1.82) is 0 Å². The molecule has 0 rings (SSSR count). The molecule has 0 aliphatic carbocycles. The van der Waals surface area contributed by atoms with Crippen LogP contribution in [0.4, 0.5) is 26.3 Å². The lowest BCUT2D eigenvalue weighted by Gasteiger charge is -2.29. The van der Waals surface area contributed by atoms with E-state index in [1.165, 1.54) is 0 Å². The lowest BCUT2D eigenvalue weighted by atomic mass is 10.1. The number of methoxy groups -OCH3 is 1. The first-order chi connectivity index (χ1) is 5.62. The van der Waals surface area contributed by atoms with Crippen LogP contribution < -0.4 is 0 Å². The van der Waals surface area contributed by atoms with E-state index < -0.39 is 24.0 Å². The highest BCUT2D eigenvalue weighted by Crippen LogP contribution is 2.46. The van der Waals surface area contributed by atoms with Gasteiger partial charge >= 0.3 is 18.0 Å². The average Bonchev–Trinajstić information content (AvgIpc) is 2.03. The van der Waals surface area contributed by atoms with Crippen LogP contribution in [0, 0.1) is 0 Å². The van der Waals surface area contributed by atoms with Crippen LogP contribution in [0.15, 0.2) is 12.7 Å². The molecule has 0 unspecified atom stereocenters. The minimum atomic E-state index is -5.61. The fraction of sp³-hybridized carbons (Fsp3) is 0.667. The number of hydrogen-bond acceptors (Lipinski definition) is 1. The van der Waals surface area contributed by atoms with Crippen LogP contribution in [-0.2, 0) is 4.74 Å². The summed E-state index contributed by atoms with van der Waals surface area (Å²) < 4.78 is 76.1. The van der Waals surface area contributed by atoms with E-state index in [2.05, 4.69) is 11.3 Å². The van der Waals surface area contributed by atoms with Crippen molar-refractivity contribution in [1.82, 2.24) is 0 Å². The molecule has 0 atom stereocenters. The first-order valence-electron chi connectivity index (χ1n) is 2.94. The van der Waals surface area contributed by atoms with Crippen molar-refractivity contribution >= 4 is 0 Å². The largest absolute Gasteiger partial charge is 0.425 e. The maximum atomic E-state index is 12.3. The average molecular weight is 208 g/mol. The van der Waals surface area contributed by atoms with Crippen LogP contribution >= 0.6 is 0 Å². The van der Waals surface area contributed by atoms with Gasteiger partial charge in [-0.25, -0.2) is 0 Å². The molecule has 0 fully saturated rings. The molecule has 0 bridgehead atoms. The van der Waals surface area contributed by atoms with Gasteiger partial charge in [-0.05, 0) is 6.08 Å². The molecule has 0 N–H and O–H groups in total. The zero-order chi connectivity index (χ0) is 10.9. The molecule has 0 aliphatic heterocycles. The first kappa shape index (κ1) is 12.3. The van der Waals surface area contributed by atoms with E-state index in [0.29, 0.717) is 0 Å². The van der Waals surface area contributed by atoms with Gasteiger partial charge in [0.05, 0.1) is 0 Å². The van der Waals surface area contributed by atoms with Crippen molar-refractivity contribution < 1.29 is 31.1 Å². The molecular formula is C6H6F6O. The van der Waals surface area contributed by atoms with Gasteiger partial charge in [-0.15, -0.1) is 0 Å². The zero-order valence-corrected chi connectivity index (χ0v) is 6.46. The molecule has 0 heterocycles. The van der Waals surface area contributed by atoms with Crippen molar-refractivity contribution in [2.24, 2.45) is 0 Å². The van der Waals surface area contributed by atoms with E-state index in [9.17, 15) is 26.3 Å². The molecule has 0 saturated heterocycles. The van der Waals surface area contributed by atoms with Crippen molar-refractivity contribution in [3.05, 3.63) is 12.7 Å². The number of hydrogen-bond donors (Lipinski definition) is 0. The van der Waals surface area contributed by atoms with Gasteiger partial charge in [0.1, 0.15) is 0 Å². The summed E-state index contributed by atoms with van der Waals surface area (Å²) in [6.45, 7) is 2.33. The van der Waals surface area contributed by atoms with Gasteiger partial charge in [0.2, 0.25) is 0 Å². The number of halogens is 6. The van der Waals surface area contributed by atoms with E-state index in [-0.39, 0.29) is 7.11 Å². The second-order valence-corrected chi connectivity index (χ2v) is 2.12. The normalized spacial score (nSPS) is 14.4. The Morgan fingerprint density at radius 2 is 1.46 bits per heavy atom. The number of ether oxygens (including phenoxy) is 1. The van der Waals surface area contributed by atoms with Gasteiger partial charge in [0.25, 0.3) is 0 Å². The van der Waals surface area contributed by atoms with Gasteiger partial charge in [0.15, 0.2) is 0 Å². The summed E-state index contributed by atoms with van der Waals surface area (Å²) in [5.41, 5.74) is 0. The van der Waals surface area contributed by atoms with Gasteiger partial charge in [0, 0.05) is 7.11 Å². The Bertz CT molecular complexity index is 199. The number of alkyl halides is 6. The molecule has 7 heteroatoms. The summed E-state index contributed by atoms with van der Waals surface area (Å²) in [5.74, 6) is -10.6. The quantitative estimate of drug-likeness (QED) is 0.509. The third-order valence-electron chi connectivity index (χ3n) is 1.30. The predicted molar refractivity (Wildman–Crippen MR) is 32.0 cm³/mol. The molecule has 0 amide bonds. The molecule has 0 aliphatic rings. The fourth-order valence-corrected chi connectivity index (χ4v) is 0.450. The minimum absolute atomic E-state index is 0.201. The Morgan fingerprint density at radius 1 is 1.08 bits per heavy atom. The summed E-state index contributed by atoms with van der Waals surface area (Å²) in [4.78, 5) is 0. The number of allylic oxidation sites excluding steroid dienone is 1. The monoisotopic (exact) mass is 208 g/mol. The zero-order valence-electron chi connectivity index (χ0n) is 6.46. The Balaban J connectivity index is 5.06. The summed E-state index contributed by atoms with van der Waals surface area (Å²) in [6.07, 6.45) is -5.79. The third-order valence-corrected chi connectivity index (χ3v) is 1.30. The Hall–Kier alpha value is -0.720. The Morgan fingerprint density at radius 3 is 1.69 bits per heavy atom. The SMILES string of the molecule is C=CC(F)(F)C(F)(F)C(F)(F)OC. The fourth-order valence-electron chi connectivity index (χ4n) is 0.450. The minimum Gasteiger partial charge on any atom is -0.319 e. The molecule has 0 radical (unpaired) electrons. The molecule has 0 saturated carbocycles. The van der Waals surface area contributed by atoms with Crippen LogP contribution in [0.25, 0.3) is 0 Å². The van der Waals surface area contributed by atoms with Crippen molar-refractivity contribution in [3.63, 3.8) is 0 Å². The molecule has 0 aromatic rings. The van der Waals surface area contributed by atoms with E-state index >= 15 is 0 Å². The maximum absolute atomic E-state index is 12.3. The van der Waals surface area contributed by atoms with Crippen molar-refractivity contribution in [2.75, 3.05) is 7.11 Å². The van der Waals surface area contributed by atoms with Crippen molar-refractivity contribution in [2.45, 2.75) is 18.0 Å². The third kappa shape index (κ3) is 1.79. The van der Waals surface area contributed by atoms with Crippen LogP contribution in [0.5, 0.6) is 0 Å². The van der Waals surface area contributed by atoms with Gasteiger partial charge in [-0.1, -0.05) is 6.58 Å². The van der Waals surface area contributed by atoms with E-state index in [0.717, 1.165) is 0 Å². The second-order valence-electron chi connectivity index (χ2n) is 2.12. The first-order valence-corrected chi connectivity index (χ1v) is 2.94. The lowest BCUT2D eigenvalue weighted by Crippen LogP contribution is -2.53. The Labute approximate surface area is 70.0 Å². The number of rotatable bonds is 4. The highest BCUT2D eigenvalue weighted by Gasteiger charge is 2.71. The molecule has 0 spiro atoms. The maximum Gasteiger partial charge on any atom is 0.425 e. The summed E-state index contributed by atoms with van der Waals surface area (Å²) in [5, 5.41) is 0. The standard InChI is InChI=1S/C6H6F6O/c1-3-4(7,8)5(9,10)6(11,12)13-2/h3H,1H2,2H3. The van der Waals surface area contributed by atoms with Crippen LogP contribution in [-0.4, -0.2) is 25.1 Å². The lowest BCUT2D eigenvalue weighted by molar-refractivity contribution is -0.381. The smallest absolute Gasteiger partial charge is 0.319 e. The van der Waals surface area contributed by atoms with E-state index in [1.54, 1.807) is 0 Å². The molecule has 0 aromatic heterocycles. The second kappa shape index (κ2) is 3.21. The topological polar surface area (TPSA) is 9.23 Å². The predicted octanol–water partition coefficient (Wildman–Crippen LogP) is 2.68. The van der Waals surface area contributed by atoms with E-state index in [1.807, 2.05) is 0 Å². The van der Waals surface area contributed by atoms with Crippen molar-refractivity contribution in [3.8, 4) is 0 Å². The van der Waals surface area contributed by atoms with Gasteiger partial charge in [-0.2, -0.15) is 26.3 Å². The van der Waals surface area contributed by atoms with Crippen LogP contribution in [0.3, 0.4) is 0 Å². The highest BCUT2D eigenvalue weighted by atomic mass is 19.3.